The molecule has 1 rings (SSSR count). The summed E-state index contributed by atoms with van der Waals surface area (Å²) in [7, 11) is 3.41. The highest BCUT2D eigenvalue weighted by atomic mass is 32.2. The molecule has 0 radical (unpaired) electrons. The molecule has 0 atom stereocenters. The molecule has 1 heterocycles. The lowest BCUT2D eigenvalue weighted by atomic mass is 10.4. The predicted molar refractivity (Wildman–Crippen MR) is 72.3 cm³/mol. The van der Waals surface area contributed by atoms with Crippen LogP contribution in [0.25, 0.3) is 0 Å². The first kappa shape index (κ1) is 14.9. The lowest BCUT2D eigenvalue weighted by Gasteiger charge is -2.18. The van der Waals surface area contributed by atoms with Gasteiger partial charge < -0.3 is 10.2 Å². The molecule has 0 bridgehead atoms. The minimum atomic E-state index is -3.40. The van der Waals surface area contributed by atoms with Crippen molar-refractivity contribution >= 4 is 15.8 Å². The summed E-state index contributed by atoms with van der Waals surface area (Å²) >= 11 is 0. The Labute approximate surface area is 109 Å². The molecule has 18 heavy (non-hydrogen) atoms. The van der Waals surface area contributed by atoms with E-state index in [1.807, 2.05) is 19.0 Å². The van der Waals surface area contributed by atoms with Gasteiger partial charge in [-0.1, -0.05) is 0 Å². The standard InChI is InChI=1S/C11H20N4O2S/c1-12-7-8-15(4)11-6-5-10(9-13-11)18(16,17)14(2)3/h5-6,9,12H,7-8H2,1-4H3. The third-order valence-electron chi connectivity index (χ3n) is 2.59. The molecule has 0 aliphatic heterocycles. The number of sulfonamides is 1. The normalized spacial score (nSPS) is 11.8. The van der Waals surface area contributed by atoms with Crippen LogP contribution in [0.2, 0.25) is 0 Å². The second kappa shape index (κ2) is 6.12. The summed E-state index contributed by atoms with van der Waals surface area (Å²) in [4.78, 5) is 6.34. The van der Waals surface area contributed by atoms with Crippen molar-refractivity contribution in [1.82, 2.24) is 14.6 Å². The van der Waals surface area contributed by atoms with Crippen LogP contribution < -0.4 is 10.2 Å². The Balaban J connectivity index is 2.87. The van der Waals surface area contributed by atoms with Gasteiger partial charge in [-0.05, 0) is 19.2 Å². The van der Waals surface area contributed by atoms with E-state index in [4.69, 9.17) is 0 Å². The highest BCUT2D eigenvalue weighted by Crippen LogP contribution is 2.15. The van der Waals surface area contributed by atoms with Crippen molar-refractivity contribution in [3.8, 4) is 0 Å². The number of hydrogen-bond donors (Lipinski definition) is 1. The SMILES string of the molecule is CNCCN(C)c1ccc(S(=O)(=O)N(C)C)cn1. The number of nitrogens with zero attached hydrogens (tertiary/aromatic N) is 3. The van der Waals surface area contributed by atoms with E-state index in [9.17, 15) is 8.42 Å². The molecule has 0 aromatic carbocycles. The quantitative estimate of drug-likeness (QED) is 0.789. The van der Waals surface area contributed by atoms with E-state index in [2.05, 4.69) is 10.3 Å². The van der Waals surface area contributed by atoms with Crippen LogP contribution >= 0.6 is 0 Å². The maximum absolute atomic E-state index is 11.8. The fourth-order valence-electron chi connectivity index (χ4n) is 1.36. The van der Waals surface area contributed by atoms with Gasteiger partial charge >= 0.3 is 0 Å². The van der Waals surface area contributed by atoms with E-state index < -0.39 is 10.0 Å². The van der Waals surface area contributed by atoms with E-state index in [-0.39, 0.29) is 4.90 Å². The van der Waals surface area contributed by atoms with Crippen molar-refractivity contribution in [3.05, 3.63) is 18.3 Å². The first-order chi connectivity index (χ1) is 8.39. The number of likely N-dealkylation sites (N-methyl/N-ethyl adjacent to an activating group) is 2. The molecule has 0 spiro atoms. The molecule has 0 fully saturated rings. The summed E-state index contributed by atoms with van der Waals surface area (Å²) in [5, 5.41) is 3.05. The molecule has 1 aromatic heterocycles. The summed E-state index contributed by atoms with van der Waals surface area (Å²) in [5.74, 6) is 0.753. The molecule has 1 aromatic rings. The van der Waals surface area contributed by atoms with E-state index in [0.29, 0.717) is 0 Å². The summed E-state index contributed by atoms with van der Waals surface area (Å²) in [6.07, 6.45) is 1.39. The van der Waals surface area contributed by atoms with Crippen molar-refractivity contribution in [1.29, 1.82) is 0 Å². The maximum atomic E-state index is 11.8. The largest absolute Gasteiger partial charge is 0.358 e. The molecule has 1 N–H and O–H groups in total. The smallest absolute Gasteiger partial charge is 0.244 e. The van der Waals surface area contributed by atoms with Crippen LogP contribution in [0.4, 0.5) is 5.82 Å². The van der Waals surface area contributed by atoms with Gasteiger partial charge in [0.1, 0.15) is 10.7 Å². The van der Waals surface area contributed by atoms with Crippen LogP contribution in [0.5, 0.6) is 0 Å². The first-order valence-electron chi connectivity index (χ1n) is 5.64. The minimum Gasteiger partial charge on any atom is -0.358 e. The van der Waals surface area contributed by atoms with Crippen LogP contribution in [-0.4, -0.2) is 59.0 Å². The van der Waals surface area contributed by atoms with Gasteiger partial charge in [0.2, 0.25) is 10.0 Å². The Morgan fingerprint density at radius 1 is 1.28 bits per heavy atom. The average Bonchev–Trinajstić information content (AvgIpc) is 2.35. The minimum absolute atomic E-state index is 0.207. The lowest BCUT2D eigenvalue weighted by molar-refractivity contribution is 0.520. The molecule has 0 saturated carbocycles. The van der Waals surface area contributed by atoms with Crippen LogP contribution in [0.3, 0.4) is 0 Å². The summed E-state index contributed by atoms with van der Waals surface area (Å²) < 4.78 is 24.9. The number of rotatable bonds is 6. The van der Waals surface area contributed by atoms with Gasteiger partial charge in [-0.2, -0.15) is 0 Å². The van der Waals surface area contributed by atoms with E-state index in [1.165, 1.54) is 24.6 Å². The molecule has 6 nitrogen and oxygen atoms in total. The van der Waals surface area contributed by atoms with Crippen molar-refractivity contribution in [3.63, 3.8) is 0 Å². The third-order valence-corrected chi connectivity index (χ3v) is 4.39. The summed E-state index contributed by atoms with van der Waals surface area (Å²) in [6.45, 7) is 1.65. The molecule has 0 amide bonds. The van der Waals surface area contributed by atoms with E-state index >= 15 is 0 Å². The topological polar surface area (TPSA) is 65.5 Å². The molecule has 102 valence electrons. The summed E-state index contributed by atoms with van der Waals surface area (Å²) in [6, 6.07) is 3.29. The number of anilines is 1. The zero-order valence-corrected chi connectivity index (χ0v) is 12.0. The van der Waals surface area contributed by atoms with Gasteiger partial charge in [0.05, 0.1) is 0 Å². The molecule has 0 aliphatic carbocycles. The Morgan fingerprint density at radius 2 is 1.94 bits per heavy atom. The predicted octanol–water partition coefficient (Wildman–Crippen LogP) is -0.0125. The van der Waals surface area contributed by atoms with Crippen LogP contribution in [0.1, 0.15) is 0 Å². The zero-order chi connectivity index (χ0) is 13.8. The van der Waals surface area contributed by atoms with E-state index in [0.717, 1.165) is 18.9 Å². The first-order valence-corrected chi connectivity index (χ1v) is 7.08. The molecule has 7 heteroatoms. The Kier molecular flexibility index (Phi) is 5.06. The maximum Gasteiger partial charge on any atom is 0.244 e. The van der Waals surface area contributed by atoms with E-state index in [1.54, 1.807) is 12.1 Å². The Morgan fingerprint density at radius 3 is 2.39 bits per heavy atom. The highest BCUT2D eigenvalue weighted by molar-refractivity contribution is 7.89. The van der Waals surface area contributed by atoms with Crippen LogP contribution in [0.15, 0.2) is 23.2 Å². The Bertz CT molecular complexity index is 470. The Hall–Kier alpha value is -1.18. The number of pyridine rings is 1. The van der Waals surface area contributed by atoms with Crippen molar-refractivity contribution in [2.45, 2.75) is 4.90 Å². The molecular formula is C11H20N4O2S. The fourth-order valence-corrected chi connectivity index (χ4v) is 2.20. The highest BCUT2D eigenvalue weighted by Gasteiger charge is 2.17. The monoisotopic (exact) mass is 272 g/mol. The van der Waals surface area contributed by atoms with Gasteiger partial charge in [-0.25, -0.2) is 17.7 Å². The van der Waals surface area contributed by atoms with Gasteiger partial charge in [0.15, 0.2) is 0 Å². The molecular weight excluding hydrogens is 252 g/mol. The number of aromatic nitrogens is 1. The van der Waals surface area contributed by atoms with Crippen molar-refractivity contribution in [2.24, 2.45) is 0 Å². The number of nitrogens with one attached hydrogen (secondary N) is 1. The second-order valence-corrected chi connectivity index (χ2v) is 6.32. The molecule has 0 saturated heterocycles. The average molecular weight is 272 g/mol. The fraction of sp³-hybridized carbons (Fsp3) is 0.545. The summed E-state index contributed by atoms with van der Waals surface area (Å²) in [5.41, 5.74) is 0. The second-order valence-electron chi connectivity index (χ2n) is 4.16. The van der Waals surface area contributed by atoms with Gasteiger partial charge in [-0.15, -0.1) is 0 Å². The number of hydrogen-bond acceptors (Lipinski definition) is 5. The van der Waals surface area contributed by atoms with Gasteiger partial charge in [0, 0.05) is 40.4 Å². The lowest BCUT2D eigenvalue weighted by Crippen LogP contribution is -2.28. The van der Waals surface area contributed by atoms with Gasteiger partial charge in [0.25, 0.3) is 0 Å². The van der Waals surface area contributed by atoms with Gasteiger partial charge in [-0.3, -0.25) is 0 Å². The zero-order valence-electron chi connectivity index (χ0n) is 11.2. The third kappa shape index (κ3) is 3.41. The van der Waals surface area contributed by atoms with Crippen LogP contribution in [0, 0.1) is 0 Å². The van der Waals surface area contributed by atoms with Crippen molar-refractivity contribution < 1.29 is 8.42 Å². The molecule has 0 unspecified atom stereocenters. The van der Waals surface area contributed by atoms with Crippen molar-refractivity contribution in [2.75, 3.05) is 46.2 Å². The van der Waals surface area contributed by atoms with Crippen LogP contribution in [-0.2, 0) is 10.0 Å². The molecule has 0 aliphatic rings.